The van der Waals surface area contributed by atoms with Crippen molar-refractivity contribution in [1.82, 2.24) is 9.97 Å². The number of hydrogen-bond acceptors (Lipinski definition) is 6. The van der Waals surface area contributed by atoms with E-state index in [1.54, 1.807) is 12.4 Å². The molecule has 1 aliphatic rings. The molecule has 0 fully saturated rings. The summed E-state index contributed by atoms with van der Waals surface area (Å²) in [5.74, 6) is 0. The molecule has 0 radical (unpaired) electrons. The molecule has 0 saturated carbocycles. The maximum Gasteiger partial charge on any atom is 0.316 e. The van der Waals surface area contributed by atoms with Gasteiger partial charge in [0.1, 0.15) is 12.3 Å². The van der Waals surface area contributed by atoms with Gasteiger partial charge in [0.25, 0.3) is 0 Å². The van der Waals surface area contributed by atoms with Crippen molar-refractivity contribution in [2.45, 2.75) is 33.1 Å². The fourth-order valence-electron chi connectivity index (χ4n) is 2.65. The number of aryl methyl sites for hydroxylation is 4. The average molecular weight is 323 g/mol. The molecular formula is C18H21N5O. The zero-order chi connectivity index (χ0) is 16.9. The van der Waals surface area contributed by atoms with Crippen LogP contribution in [0, 0.1) is 19.4 Å². The van der Waals surface area contributed by atoms with E-state index in [1.807, 2.05) is 13.8 Å². The van der Waals surface area contributed by atoms with Crippen molar-refractivity contribution < 1.29 is 4.74 Å². The molecule has 1 heterocycles. The van der Waals surface area contributed by atoms with Gasteiger partial charge < -0.3 is 10.1 Å². The second kappa shape index (κ2) is 7.21. The van der Waals surface area contributed by atoms with E-state index in [9.17, 15) is 0 Å². The van der Waals surface area contributed by atoms with E-state index in [0.717, 1.165) is 23.4 Å². The lowest BCUT2D eigenvalue weighted by Crippen LogP contribution is -2.05. The molecule has 2 aromatic rings. The van der Waals surface area contributed by atoms with Crippen molar-refractivity contribution in [2.75, 3.05) is 11.9 Å². The second-order valence-electron chi connectivity index (χ2n) is 5.94. The number of anilines is 1. The summed E-state index contributed by atoms with van der Waals surface area (Å²) in [5, 5.41) is 6.68. The minimum Gasteiger partial charge on any atom is -0.457 e. The molecule has 0 bridgehead atoms. The van der Waals surface area contributed by atoms with Crippen LogP contribution in [0.25, 0.3) is 0 Å². The maximum absolute atomic E-state index is 7.29. The van der Waals surface area contributed by atoms with Gasteiger partial charge in [0, 0.05) is 23.8 Å². The highest BCUT2D eigenvalue weighted by molar-refractivity contribution is 5.52. The number of ether oxygens (including phenoxy) is 1. The largest absolute Gasteiger partial charge is 0.457 e. The molecule has 0 atom stereocenters. The molecule has 0 aliphatic heterocycles. The Morgan fingerprint density at radius 2 is 2.17 bits per heavy atom. The molecule has 0 unspecified atom stereocenters. The molecule has 24 heavy (non-hydrogen) atoms. The van der Waals surface area contributed by atoms with Crippen LogP contribution in [0.3, 0.4) is 0 Å². The molecule has 124 valence electrons. The molecule has 1 aliphatic carbocycles. The number of nitrogens with zero attached hydrogens (tertiary/aromatic N) is 3. The van der Waals surface area contributed by atoms with Gasteiger partial charge in [-0.15, -0.1) is 0 Å². The summed E-state index contributed by atoms with van der Waals surface area (Å²) < 4.78 is 5.51. The first-order chi connectivity index (χ1) is 11.7. The van der Waals surface area contributed by atoms with Crippen LogP contribution in [-0.2, 0) is 12.8 Å². The lowest BCUT2D eigenvalue weighted by Gasteiger charge is -2.07. The van der Waals surface area contributed by atoms with Crippen molar-refractivity contribution in [2.24, 2.45) is 5.11 Å². The van der Waals surface area contributed by atoms with Crippen molar-refractivity contribution in [1.29, 1.82) is 5.53 Å². The minimum absolute atomic E-state index is 0.143. The zero-order valence-electron chi connectivity index (χ0n) is 14.0. The van der Waals surface area contributed by atoms with E-state index >= 15 is 0 Å². The van der Waals surface area contributed by atoms with E-state index in [-0.39, 0.29) is 6.61 Å². The fraction of sp³-hybridized carbons (Fsp3) is 0.333. The van der Waals surface area contributed by atoms with Crippen LogP contribution >= 0.6 is 0 Å². The first-order valence-electron chi connectivity index (χ1n) is 8.03. The van der Waals surface area contributed by atoms with Crippen LogP contribution in [0.1, 0.15) is 28.8 Å². The quantitative estimate of drug-likeness (QED) is 0.789. The van der Waals surface area contributed by atoms with E-state index in [4.69, 9.17) is 10.3 Å². The Morgan fingerprint density at radius 1 is 1.33 bits per heavy atom. The van der Waals surface area contributed by atoms with E-state index in [2.05, 4.69) is 38.6 Å². The molecule has 3 rings (SSSR count). The Balaban J connectivity index is 1.62. The number of hydrogen-bond donors (Lipinski definition) is 2. The van der Waals surface area contributed by atoms with Gasteiger partial charge in [-0.25, -0.2) is 15.5 Å². The molecule has 0 spiro atoms. The third kappa shape index (κ3) is 3.76. The van der Waals surface area contributed by atoms with Crippen LogP contribution in [0.2, 0.25) is 0 Å². The molecule has 1 aromatic carbocycles. The minimum atomic E-state index is 0.143. The summed E-state index contributed by atoms with van der Waals surface area (Å²) in [6.07, 6.45) is 6.94. The molecule has 0 saturated heterocycles. The molecule has 0 amide bonds. The third-order valence-electron chi connectivity index (χ3n) is 4.20. The molecule has 6 nitrogen and oxygen atoms in total. The van der Waals surface area contributed by atoms with Crippen LogP contribution in [0.5, 0.6) is 6.01 Å². The summed E-state index contributed by atoms with van der Waals surface area (Å²) in [6.45, 7) is 4.00. The highest BCUT2D eigenvalue weighted by Gasteiger charge is 2.10. The Hall–Kier alpha value is -2.76. The van der Waals surface area contributed by atoms with Gasteiger partial charge in [-0.05, 0) is 61.9 Å². The van der Waals surface area contributed by atoms with E-state index in [1.165, 1.54) is 24.0 Å². The van der Waals surface area contributed by atoms with Crippen LogP contribution in [0.4, 0.5) is 5.69 Å². The van der Waals surface area contributed by atoms with Gasteiger partial charge in [0.15, 0.2) is 0 Å². The van der Waals surface area contributed by atoms with E-state index < -0.39 is 0 Å². The Bertz CT molecular complexity index is 785. The van der Waals surface area contributed by atoms with Crippen molar-refractivity contribution in [3.63, 3.8) is 0 Å². The summed E-state index contributed by atoms with van der Waals surface area (Å²) in [4.78, 5) is 8.37. The monoisotopic (exact) mass is 323 g/mol. The van der Waals surface area contributed by atoms with Gasteiger partial charge in [-0.2, -0.15) is 5.11 Å². The predicted molar refractivity (Wildman–Crippen MR) is 92.3 cm³/mol. The Morgan fingerprint density at radius 3 is 2.96 bits per heavy atom. The lowest BCUT2D eigenvalue weighted by molar-refractivity contribution is 0.319. The number of aromatic nitrogens is 2. The summed E-state index contributed by atoms with van der Waals surface area (Å²) in [7, 11) is 0. The topological polar surface area (TPSA) is 83.2 Å². The van der Waals surface area contributed by atoms with Gasteiger partial charge in [-0.3, -0.25) is 0 Å². The number of rotatable bonds is 6. The van der Waals surface area contributed by atoms with Crippen LogP contribution in [-0.4, -0.2) is 16.6 Å². The van der Waals surface area contributed by atoms with Gasteiger partial charge in [-0.1, -0.05) is 6.07 Å². The Labute approximate surface area is 141 Å². The summed E-state index contributed by atoms with van der Waals surface area (Å²) in [6, 6.07) is 6.67. The standard InChI is InChI=1S/C18H21N5O/c1-12-9-21-18(22-13(12)2)24-11-17(23-19)10-20-16-7-6-14-4-3-5-15(14)8-16/h6-10,19-20H,3-5,11H2,1-2H3/b17-10-,23-19?. The number of nitrogens with one attached hydrogen (secondary N) is 2. The summed E-state index contributed by atoms with van der Waals surface area (Å²) >= 11 is 0. The van der Waals surface area contributed by atoms with Crippen molar-refractivity contribution in [3.05, 3.63) is 58.7 Å². The normalized spacial score (nSPS) is 13.5. The van der Waals surface area contributed by atoms with Crippen LogP contribution in [0.15, 0.2) is 41.4 Å². The first-order valence-corrected chi connectivity index (χ1v) is 8.03. The number of fused-ring (bicyclic) bond motifs is 1. The number of benzene rings is 1. The Kier molecular flexibility index (Phi) is 4.84. The molecule has 2 N–H and O–H groups in total. The average Bonchev–Trinajstić information content (AvgIpc) is 3.06. The SMILES string of the molecule is Cc1cnc(OC/C(=C/Nc2ccc3c(c2)CCC3)N=N)nc1C. The molecular weight excluding hydrogens is 302 g/mol. The fourth-order valence-corrected chi connectivity index (χ4v) is 2.65. The molecule has 1 aromatic heterocycles. The summed E-state index contributed by atoms with van der Waals surface area (Å²) in [5.41, 5.74) is 13.5. The lowest BCUT2D eigenvalue weighted by atomic mass is 10.1. The van der Waals surface area contributed by atoms with Crippen LogP contribution < -0.4 is 10.1 Å². The smallest absolute Gasteiger partial charge is 0.316 e. The van der Waals surface area contributed by atoms with E-state index in [0.29, 0.717) is 11.7 Å². The van der Waals surface area contributed by atoms with Crippen molar-refractivity contribution >= 4 is 5.69 Å². The maximum atomic E-state index is 7.29. The van der Waals surface area contributed by atoms with Crippen molar-refractivity contribution in [3.8, 4) is 6.01 Å². The zero-order valence-corrected chi connectivity index (χ0v) is 14.0. The first kappa shape index (κ1) is 16.1. The third-order valence-corrected chi connectivity index (χ3v) is 4.20. The van der Waals surface area contributed by atoms with Gasteiger partial charge in [0.2, 0.25) is 0 Å². The van der Waals surface area contributed by atoms with Gasteiger partial charge in [0.05, 0.1) is 0 Å². The highest BCUT2D eigenvalue weighted by Crippen LogP contribution is 2.25. The highest BCUT2D eigenvalue weighted by atomic mass is 16.5. The predicted octanol–water partition coefficient (Wildman–Crippen LogP) is 3.95. The molecule has 6 heteroatoms. The van der Waals surface area contributed by atoms with Gasteiger partial charge >= 0.3 is 6.01 Å². The second-order valence-corrected chi connectivity index (χ2v) is 5.94.